The molecule has 1 aromatic rings. The SMILES string of the molecule is C=C[C@@]1(OC)OC[C@H](O)[C@H]1NCc1ccccc1. The molecule has 1 aliphatic heterocycles. The third-order valence-electron chi connectivity index (χ3n) is 3.27. The van der Waals surface area contributed by atoms with E-state index in [1.54, 1.807) is 13.2 Å². The molecule has 0 aromatic heterocycles. The molecule has 98 valence electrons. The Morgan fingerprint density at radius 2 is 2.28 bits per heavy atom. The number of methoxy groups -OCH3 is 1. The highest BCUT2D eigenvalue weighted by molar-refractivity contribution is 5.15. The van der Waals surface area contributed by atoms with Crippen molar-refractivity contribution in [3.8, 4) is 0 Å². The second-order valence-electron chi connectivity index (χ2n) is 4.35. The van der Waals surface area contributed by atoms with Crippen LogP contribution in [0.3, 0.4) is 0 Å². The zero-order valence-corrected chi connectivity index (χ0v) is 10.5. The van der Waals surface area contributed by atoms with Crippen molar-refractivity contribution in [3.05, 3.63) is 48.6 Å². The van der Waals surface area contributed by atoms with E-state index in [4.69, 9.17) is 9.47 Å². The van der Waals surface area contributed by atoms with Crippen LogP contribution in [0.1, 0.15) is 5.56 Å². The molecule has 0 unspecified atom stereocenters. The first-order valence-electron chi connectivity index (χ1n) is 6.00. The number of hydrogen-bond acceptors (Lipinski definition) is 4. The Balaban J connectivity index is 2.04. The van der Waals surface area contributed by atoms with Gasteiger partial charge in [-0.2, -0.15) is 0 Å². The quantitative estimate of drug-likeness (QED) is 0.766. The Hall–Kier alpha value is -1.20. The Kier molecular flexibility index (Phi) is 4.14. The molecule has 0 amide bonds. The predicted octanol–water partition coefficient (Wildman–Crippen LogP) is 1.06. The lowest BCUT2D eigenvalue weighted by atomic mass is 10.0. The van der Waals surface area contributed by atoms with Crippen molar-refractivity contribution < 1.29 is 14.6 Å². The van der Waals surface area contributed by atoms with E-state index in [2.05, 4.69) is 11.9 Å². The van der Waals surface area contributed by atoms with E-state index >= 15 is 0 Å². The molecule has 1 aliphatic rings. The van der Waals surface area contributed by atoms with Gasteiger partial charge in [-0.25, -0.2) is 0 Å². The van der Waals surface area contributed by atoms with E-state index in [9.17, 15) is 5.11 Å². The molecule has 3 atom stereocenters. The van der Waals surface area contributed by atoms with Crippen molar-refractivity contribution in [2.75, 3.05) is 13.7 Å². The van der Waals surface area contributed by atoms with Crippen molar-refractivity contribution >= 4 is 0 Å². The summed E-state index contributed by atoms with van der Waals surface area (Å²) in [6.45, 7) is 4.61. The molecule has 1 heterocycles. The van der Waals surface area contributed by atoms with Crippen LogP contribution in [0.4, 0.5) is 0 Å². The van der Waals surface area contributed by atoms with Gasteiger partial charge in [0.25, 0.3) is 0 Å². The van der Waals surface area contributed by atoms with Gasteiger partial charge in [-0.3, -0.25) is 0 Å². The molecule has 0 spiro atoms. The minimum absolute atomic E-state index is 0.242. The van der Waals surface area contributed by atoms with Gasteiger partial charge in [0.1, 0.15) is 0 Å². The maximum Gasteiger partial charge on any atom is 0.205 e. The van der Waals surface area contributed by atoms with Crippen molar-refractivity contribution in [2.45, 2.75) is 24.5 Å². The van der Waals surface area contributed by atoms with Crippen LogP contribution >= 0.6 is 0 Å². The molecule has 2 N–H and O–H groups in total. The number of nitrogens with one attached hydrogen (secondary N) is 1. The number of rotatable bonds is 5. The Bertz CT molecular complexity index is 395. The molecule has 0 saturated carbocycles. The van der Waals surface area contributed by atoms with Gasteiger partial charge in [-0.15, -0.1) is 0 Å². The van der Waals surface area contributed by atoms with Gasteiger partial charge in [-0.1, -0.05) is 36.9 Å². The maximum absolute atomic E-state index is 9.95. The first kappa shape index (κ1) is 13.2. The second kappa shape index (κ2) is 5.63. The third kappa shape index (κ3) is 2.47. The first-order valence-corrected chi connectivity index (χ1v) is 6.00. The van der Waals surface area contributed by atoms with Crippen LogP contribution in [-0.4, -0.2) is 36.8 Å². The van der Waals surface area contributed by atoms with Crippen LogP contribution in [0.25, 0.3) is 0 Å². The van der Waals surface area contributed by atoms with Crippen molar-refractivity contribution in [3.63, 3.8) is 0 Å². The summed E-state index contributed by atoms with van der Waals surface area (Å²) in [5.41, 5.74) is 1.14. The average Bonchev–Trinajstić information content (AvgIpc) is 2.75. The molecule has 1 saturated heterocycles. The summed E-state index contributed by atoms with van der Waals surface area (Å²) < 4.78 is 10.9. The summed E-state index contributed by atoms with van der Waals surface area (Å²) in [7, 11) is 1.55. The molecule has 1 aromatic carbocycles. The summed E-state index contributed by atoms with van der Waals surface area (Å²) in [6.07, 6.45) is 0.984. The normalized spacial score (nSPS) is 31.4. The number of hydrogen-bond donors (Lipinski definition) is 2. The zero-order valence-electron chi connectivity index (χ0n) is 10.5. The number of aliphatic hydroxyl groups is 1. The largest absolute Gasteiger partial charge is 0.389 e. The van der Waals surface area contributed by atoms with E-state index in [1.807, 2.05) is 30.3 Å². The summed E-state index contributed by atoms with van der Waals surface area (Å²) in [6, 6.07) is 9.67. The molecule has 0 aliphatic carbocycles. The third-order valence-corrected chi connectivity index (χ3v) is 3.27. The Labute approximate surface area is 107 Å². The Morgan fingerprint density at radius 1 is 1.56 bits per heavy atom. The van der Waals surface area contributed by atoms with Gasteiger partial charge in [0.2, 0.25) is 5.79 Å². The minimum atomic E-state index is -0.950. The molecule has 0 bridgehead atoms. The Morgan fingerprint density at radius 3 is 2.89 bits per heavy atom. The van der Waals surface area contributed by atoms with E-state index in [0.29, 0.717) is 6.54 Å². The topological polar surface area (TPSA) is 50.7 Å². The molecule has 2 rings (SSSR count). The highest BCUT2D eigenvalue weighted by Crippen LogP contribution is 2.28. The monoisotopic (exact) mass is 249 g/mol. The summed E-state index contributed by atoms with van der Waals surface area (Å²) in [5.74, 6) is -0.950. The van der Waals surface area contributed by atoms with Gasteiger partial charge in [0.15, 0.2) is 0 Å². The van der Waals surface area contributed by atoms with Crippen LogP contribution < -0.4 is 5.32 Å². The fraction of sp³-hybridized carbons (Fsp3) is 0.429. The van der Waals surface area contributed by atoms with Crippen LogP contribution in [0, 0.1) is 0 Å². The van der Waals surface area contributed by atoms with Crippen LogP contribution in [0.5, 0.6) is 0 Å². The number of benzene rings is 1. The lowest BCUT2D eigenvalue weighted by Crippen LogP contribution is -2.52. The molecular weight excluding hydrogens is 230 g/mol. The van der Waals surface area contributed by atoms with Crippen molar-refractivity contribution in [2.24, 2.45) is 0 Å². The standard InChI is InChI=1S/C14H19NO3/c1-3-14(17-2)13(12(16)10-18-14)15-9-11-7-5-4-6-8-11/h3-8,12-13,15-16H,1,9-10H2,2H3/t12-,13+,14+/m0/s1. The smallest absolute Gasteiger partial charge is 0.205 e. The van der Waals surface area contributed by atoms with E-state index in [1.165, 1.54) is 0 Å². The molecule has 1 fully saturated rings. The van der Waals surface area contributed by atoms with Crippen molar-refractivity contribution in [1.29, 1.82) is 0 Å². The van der Waals surface area contributed by atoms with Gasteiger partial charge in [0.05, 0.1) is 18.8 Å². The molecule has 18 heavy (non-hydrogen) atoms. The fourth-order valence-electron chi connectivity index (χ4n) is 2.23. The second-order valence-corrected chi connectivity index (χ2v) is 4.35. The first-order chi connectivity index (χ1) is 8.72. The molecular formula is C14H19NO3. The predicted molar refractivity (Wildman–Crippen MR) is 69.0 cm³/mol. The lowest BCUT2D eigenvalue weighted by Gasteiger charge is -2.31. The van der Waals surface area contributed by atoms with Crippen LogP contribution in [0.15, 0.2) is 43.0 Å². The fourth-order valence-corrected chi connectivity index (χ4v) is 2.23. The maximum atomic E-state index is 9.95. The minimum Gasteiger partial charge on any atom is -0.389 e. The molecule has 0 radical (unpaired) electrons. The summed E-state index contributed by atoms with van der Waals surface area (Å²) >= 11 is 0. The van der Waals surface area contributed by atoms with E-state index < -0.39 is 11.9 Å². The molecule has 4 nitrogen and oxygen atoms in total. The highest BCUT2D eigenvalue weighted by atomic mass is 16.7. The lowest BCUT2D eigenvalue weighted by molar-refractivity contribution is -0.167. The number of ether oxygens (including phenoxy) is 2. The molecule has 4 heteroatoms. The van der Waals surface area contributed by atoms with Crippen LogP contribution in [0.2, 0.25) is 0 Å². The van der Waals surface area contributed by atoms with Gasteiger partial charge in [0, 0.05) is 13.7 Å². The van der Waals surface area contributed by atoms with E-state index in [-0.39, 0.29) is 12.6 Å². The van der Waals surface area contributed by atoms with Gasteiger partial charge < -0.3 is 19.9 Å². The van der Waals surface area contributed by atoms with Gasteiger partial charge >= 0.3 is 0 Å². The summed E-state index contributed by atoms with van der Waals surface area (Å²) in [5, 5.41) is 13.2. The average molecular weight is 249 g/mol. The summed E-state index contributed by atoms with van der Waals surface area (Å²) in [4.78, 5) is 0. The van der Waals surface area contributed by atoms with Gasteiger partial charge in [-0.05, 0) is 11.6 Å². The highest BCUT2D eigenvalue weighted by Gasteiger charge is 2.47. The van der Waals surface area contributed by atoms with E-state index in [0.717, 1.165) is 5.56 Å². The zero-order chi connectivity index (χ0) is 13.0. The van der Waals surface area contributed by atoms with Crippen molar-refractivity contribution in [1.82, 2.24) is 5.32 Å². The van der Waals surface area contributed by atoms with Crippen LogP contribution in [-0.2, 0) is 16.0 Å². The number of aliphatic hydroxyl groups excluding tert-OH is 1.